The van der Waals surface area contributed by atoms with Gasteiger partial charge in [-0.15, -0.1) is 0 Å². The second-order valence-electron chi connectivity index (χ2n) is 6.89. The molecule has 0 bridgehead atoms. The van der Waals surface area contributed by atoms with Crippen LogP contribution in [0.3, 0.4) is 0 Å². The molecule has 2 N–H and O–H groups in total. The van der Waals surface area contributed by atoms with Crippen molar-refractivity contribution in [3.05, 3.63) is 51.5 Å². The average Bonchev–Trinajstić information content (AvgIpc) is 2.67. The Labute approximate surface area is 163 Å². The number of nitrogens with one attached hydrogen (secondary N) is 2. The van der Waals surface area contributed by atoms with Gasteiger partial charge in [-0.05, 0) is 38.8 Å². The molecule has 1 aliphatic heterocycles. The number of nitrogens with zero attached hydrogens (tertiary/aromatic N) is 4. The van der Waals surface area contributed by atoms with Gasteiger partial charge in [0, 0.05) is 49.6 Å². The number of piperidine rings is 1. The zero-order valence-electron chi connectivity index (χ0n) is 16.2. The van der Waals surface area contributed by atoms with Crippen molar-refractivity contribution in [2.75, 3.05) is 30.4 Å². The molecule has 9 heteroatoms. The Morgan fingerprint density at radius 2 is 1.93 bits per heavy atom. The molecule has 3 rings (SSSR count). The van der Waals surface area contributed by atoms with Crippen LogP contribution in [0.4, 0.5) is 17.2 Å². The summed E-state index contributed by atoms with van der Waals surface area (Å²) in [5, 5.41) is 17.2. The third-order valence-electron chi connectivity index (χ3n) is 4.81. The van der Waals surface area contributed by atoms with E-state index in [1.165, 1.54) is 13.1 Å². The van der Waals surface area contributed by atoms with E-state index >= 15 is 0 Å². The third-order valence-corrected chi connectivity index (χ3v) is 4.81. The van der Waals surface area contributed by atoms with E-state index in [0.29, 0.717) is 5.69 Å². The molecule has 1 amide bonds. The van der Waals surface area contributed by atoms with Gasteiger partial charge in [-0.1, -0.05) is 0 Å². The molecule has 2 heterocycles. The van der Waals surface area contributed by atoms with Crippen LogP contribution in [0.15, 0.2) is 24.3 Å². The number of rotatable bonds is 5. The van der Waals surface area contributed by atoms with Gasteiger partial charge in [-0.25, -0.2) is 9.97 Å². The van der Waals surface area contributed by atoms with Crippen LogP contribution in [0.1, 0.15) is 34.7 Å². The van der Waals surface area contributed by atoms with E-state index in [0.717, 1.165) is 43.3 Å². The van der Waals surface area contributed by atoms with Gasteiger partial charge in [-0.3, -0.25) is 14.9 Å². The van der Waals surface area contributed by atoms with E-state index in [1.54, 1.807) is 12.1 Å². The monoisotopic (exact) mass is 384 g/mol. The topological polar surface area (TPSA) is 113 Å². The summed E-state index contributed by atoms with van der Waals surface area (Å²) < 4.78 is 0. The Morgan fingerprint density at radius 1 is 1.21 bits per heavy atom. The number of hydrogen-bond acceptors (Lipinski definition) is 7. The molecule has 1 aromatic carbocycles. The second-order valence-corrected chi connectivity index (χ2v) is 6.89. The number of carbonyl (C=O) groups excluding carboxylic acids is 1. The molecular formula is C19H24N6O3. The average molecular weight is 384 g/mol. The lowest BCUT2D eigenvalue weighted by Gasteiger charge is -2.33. The molecule has 148 valence electrons. The molecule has 9 nitrogen and oxygen atoms in total. The number of nitro benzene ring substituents is 1. The summed E-state index contributed by atoms with van der Waals surface area (Å²) >= 11 is 0. The van der Waals surface area contributed by atoms with E-state index in [2.05, 4.69) is 25.5 Å². The van der Waals surface area contributed by atoms with Crippen molar-refractivity contribution in [2.24, 2.45) is 0 Å². The van der Waals surface area contributed by atoms with Crippen molar-refractivity contribution < 1.29 is 9.72 Å². The summed E-state index contributed by atoms with van der Waals surface area (Å²) in [7, 11) is 1.49. The largest absolute Gasteiger partial charge is 0.377 e. The van der Waals surface area contributed by atoms with Crippen LogP contribution in [-0.4, -0.2) is 47.0 Å². The minimum atomic E-state index is -0.462. The van der Waals surface area contributed by atoms with Gasteiger partial charge in [0.05, 0.1) is 4.92 Å². The van der Waals surface area contributed by atoms with E-state index in [1.807, 2.05) is 19.9 Å². The maximum Gasteiger partial charge on any atom is 0.293 e. The number of carbonyl (C=O) groups is 1. The molecule has 28 heavy (non-hydrogen) atoms. The maximum absolute atomic E-state index is 11.7. The Morgan fingerprint density at radius 3 is 2.54 bits per heavy atom. The van der Waals surface area contributed by atoms with Crippen LogP contribution in [0.25, 0.3) is 0 Å². The second kappa shape index (κ2) is 8.20. The van der Waals surface area contributed by atoms with Gasteiger partial charge < -0.3 is 15.5 Å². The van der Waals surface area contributed by atoms with Crippen molar-refractivity contribution in [3.8, 4) is 0 Å². The summed E-state index contributed by atoms with van der Waals surface area (Å²) in [5.41, 5.74) is 1.55. The molecule has 1 aromatic heterocycles. The molecule has 1 fully saturated rings. The van der Waals surface area contributed by atoms with Crippen molar-refractivity contribution >= 4 is 23.1 Å². The van der Waals surface area contributed by atoms with Crippen molar-refractivity contribution in [3.63, 3.8) is 0 Å². The predicted octanol–water partition coefficient (Wildman–Crippen LogP) is 2.44. The normalized spacial score (nSPS) is 14.6. The lowest BCUT2D eigenvalue weighted by atomic mass is 10.0. The molecule has 0 radical (unpaired) electrons. The van der Waals surface area contributed by atoms with Crippen LogP contribution < -0.4 is 15.5 Å². The van der Waals surface area contributed by atoms with Gasteiger partial charge in [0.1, 0.15) is 17.3 Å². The maximum atomic E-state index is 11.7. The zero-order valence-corrected chi connectivity index (χ0v) is 16.2. The number of aromatic nitrogens is 2. The summed E-state index contributed by atoms with van der Waals surface area (Å²) in [6, 6.07) is 6.60. The first-order chi connectivity index (χ1) is 13.4. The first-order valence-electron chi connectivity index (χ1n) is 9.21. The van der Waals surface area contributed by atoms with Crippen LogP contribution in [0.2, 0.25) is 0 Å². The highest BCUT2D eigenvalue weighted by Gasteiger charge is 2.24. The summed E-state index contributed by atoms with van der Waals surface area (Å²) in [5.74, 6) is 1.32. The van der Waals surface area contributed by atoms with E-state index < -0.39 is 4.92 Å². The predicted molar refractivity (Wildman–Crippen MR) is 107 cm³/mol. The third kappa shape index (κ3) is 4.36. The van der Waals surface area contributed by atoms with Crippen LogP contribution in [0.5, 0.6) is 0 Å². The molecule has 0 saturated carbocycles. The van der Waals surface area contributed by atoms with Crippen LogP contribution in [0, 0.1) is 24.0 Å². The van der Waals surface area contributed by atoms with Crippen LogP contribution in [-0.2, 0) is 0 Å². The molecular weight excluding hydrogens is 360 g/mol. The van der Waals surface area contributed by atoms with Gasteiger partial charge in [0.25, 0.3) is 11.6 Å². The highest BCUT2D eigenvalue weighted by molar-refractivity contribution is 5.95. The fraction of sp³-hybridized carbons (Fsp3) is 0.421. The number of nitro groups is 1. The Bertz CT molecular complexity index is 873. The fourth-order valence-corrected chi connectivity index (χ4v) is 3.42. The van der Waals surface area contributed by atoms with Gasteiger partial charge in [0.15, 0.2) is 0 Å². The van der Waals surface area contributed by atoms with Gasteiger partial charge >= 0.3 is 0 Å². The molecule has 0 spiro atoms. The number of amides is 1. The quantitative estimate of drug-likeness (QED) is 0.601. The number of hydrogen-bond donors (Lipinski definition) is 2. The van der Waals surface area contributed by atoms with E-state index in [4.69, 9.17) is 0 Å². The lowest BCUT2D eigenvalue weighted by Crippen LogP contribution is -2.39. The van der Waals surface area contributed by atoms with E-state index in [9.17, 15) is 14.9 Å². The molecule has 0 atom stereocenters. The summed E-state index contributed by atoms with van der Waals surface area (Å²) in [6.07, 6.45) is 1.66. The van der Waals surface area contributed by atoms with Crippen molar-refractivity contribution in [1.29, 1.82) is 0 Å². The smallest absolute Gasteiger partial charge is 0.293 e. The fourth-order valence-electron chi connectivity index (χ4n) is 3.42. The number of aryl methyl sites for hydroxylation is 2. The Hall–Kier alpha value is -3.23. The minimum absolute atomic E-state index is 0.0921. The van der Waals surface area contributed by atoms with E-state index in [-0.39, 0.29) is 23.2 Å². The standard InChI is InChI=1S/C19H24N6O3/c1-12-10-18(22-13(2)21-12)24-8-6-15(7-9-24)23-16-5-4-14(19(26)20-3)11-17(16)25(27)28/h4-5,10-11,15,23H,6-9H2,1-3H3,(H,20,26). The zero-order chi connectivity index (χ0) is 20.3. The Kier molecular flexibility index (Phi) is 5.72. The first kappa shape index (κ1) is 19.5. The van der Waals surface area contributed by atoms with Gasteiger partial charge in [0.2, 0.25) is 0 Å². The van der Waals surface area contributed by atoms with Crippen molar-refractivity contribution in [2.45, 2.75) is 32.7 Å². The highest BCUT2D eigenvalue weighted by Crippen LogP contribution is 2.28. The molecule has 0 aliphatic carbocycles. The lowest BCUT2D eigenvalue weighted by molar-refractivity contribution is -0.384. The molecule has 1 saturated heterocycles. The summed E-state index contributed by atoms with van der Waals surface area (Å²) in [6.45, 7) is 5.44. The molecule has 1 aliphatic rings. The van der Waals surface area contributed by atoms with Gasteiger partial charge in [-0.2, -0.15) is 0 Å². The number of benzene rings is 1. The molecule has 0 unspecified atom stereocenters. The number of anilines is 2. The summed E-state index contributed by atoms with van der Waals surface area (Å²) in [4.78, 5) is 33.7. The highest BCUT2D eigenvalue weighted by atomic mass is 16.6. The SMILES string of the molecule is CNC(=O)c1ccc(NC2CCN(c3cc(C)nc(C)n3)CC2)c([N+](=O)[O-])c1. The van der Waals surface area contributed by atoms with Crippen molar-refractivity contribution in [1.82, 2.24) is 15.3 Å². The Balaban J connectivity index is 1.69. The first-order valence-corrected chi connectivity index (χ1v) is 9.21. The molecule has 2 aromatic rings. The minimum Gasteiger partial charge on any atom is -0.377 e. The van der Waals surface area contributed by atoms with Crippen LogP contribution >= 0.6 is 0 Å².